The number of ether oxygens (including phenoxy) is 1. The molecule has 0 saturated carbocycles. The number of cyclic esters (lactones) is 1. The molecule has 2 aromatic carbocycles. The van der Waals surface area contributed by atoms with Crippen LogP contribution in [0.4, 0.5) is 4.79 Å². The monoisotopic (exact) mass is 420 g/mol. The van der Waals surface area contributed by atoms with Crippen molar-refractivity contribution >= 4 is 28.8 Å². The minimum atomic E-state index is -0.728. The number of amides is 3. The highest BCUT2D eigenvalue weighted by atomic mass is 16.6. The van der Waals surface area contributed by atoms with Gasteiger partial charge in [-0.2, -0.15) is 0 Å². The highest BCUT2D eigenvalue weighted by Crippen LogP contribution is 2.17. The van der Waals surface area contributed by atoms with Crippen LogP contribution in [-0.2, 0) is 20.9 Å². The van der Waals surface area contributed by atoms with Crippen molar-refractivity contribution in [1.82, 2.24) is 19.8 Å². The number of imide groups is 1. The number of nitrogens with one attached hydrogen (secondary N) is 1. The van der Waals surface area contributed by atoms with Gasteiger partial charge in [0, 0.05) is 13.0 Å². The van der Waals surface area contributed by atoms with Gasteiger partial charge in [0.2, 0.25) is 5.91 Å². The fourth-order valence-corrected chi connectivity index (χ4v) is 3.41. The van der Waals surface area contributed by atoms with Gasteiger partial charge in [0.25, 0.3) is 11.5 Å². The van der Waals surface area contributed by atoms with Crippen molar-refractivity contribution in [2.24, 2.45) is 0 Å². The van der Waals surface area contributed by atoms with Gasteiger partial charge in [-0.3, -0.25) is 19.0 Å². The molecule has 4 rings (SSSR count). The Labute approximate surface area is 177 Å². The number of fused-ring (bicyclic) bond motifs is 1. The van der Waals surface area contributed by atoms with Gasteiger partial charge >= 0.3 is 6.09 Å². The van der Waals surface area contributed by atoms with E-state index < -0.39 is 18.0 Å². The Morgan fingerprint density at radius 3 is 2.55 bits per heavy atom. The van der Waals surface area contributed by atoms with Crippen molar-refractivity contribution in [3.05, 3.63) is 76.8 Å². The van der Waals surface area contributed by atoms with Crippen LogP contribution in [0.1, 0.15) is 18.0 Å². The van der Waals surface area contributed by atoms with E-state index in [1.807, 2.05) is 6.07 Å². The third-order valence-corrected chi connectivity index (χ3v) is 5.05. The molecule has 0 bridgehead atoms. The Bertz CT molecular complexity index is 1180. The topological polar surface area (TPSA) is 111 Å². The van der Waals surface area contributed by atoms with Crippen LogP contribution >= 0.6 is 0 Å². The maximum atomic E-state index is 12.6. The van der Waals surface area contributed by atoms with E-state index in [4.69, 9.17) is 4.74 Å². The lowest BCUT2D eigenvalue weighted by Crippen LogP contribution is -2.40. The summed E-state index contributed by atoms with van der Waals surface area (Å²) in [5, 5.41) is 3.34. The molecule has 0 unspecified atom stereocenters. The molecule has 1 aliphatic rings. The van der Waals surface area contributed by atoms with Crippen LogP contribution in [-0.4, -0.2) is 45.5 Å². The molecular weight excluding hydrogens is 400 g/mol. The van der Waals surface area contributed by atoms with E-state index in [-0.39, 0.29) is 37.6 Å². The molecule has 9 nitrogen and oxygen atoms in total. The molecule has 3 aromatic rings. The zero-order valence-electron chi connectivity index (χ0n) is 16.6. The van der Waals surface area contributed by atoms with Crippen LogP contribution in [0.5, 0.6) is 0 Å². The summed E-state index contributed by atoms with van der Waals surface area (Å²) in [5.41, 5.74) is 1.12. The lowest BCUT2D eigenvalue weighted by molar-refractivity contribution is -0.127. The molecule has 3 amide bonds. The predicted octanol–water partition coefficient (Wildman–Crippen LogP) is 1.62. The lowest BCUT2D eigenvalue weighted by atomic mass is 10.1. The van der Waals surface area contributed by atoms with Gasteiger partial charge in [-0.15, -0.1) is 0 Å². The van der Waals surface area contributed by atoms with E-state index in [9.17, 15) is 19.2 Å². The highest BCUT2D eigenvalue weighted by Gasteiger charge is 2.33. The summed E-state index contributed by atoms with van der Waals surface area (Å²) in [5.74, 6) is -0.775. The van der Waals surface area contributed by atoms with Crippen LogP contribution in [0, 0.1) is 0 Å². The number of carbonyl (C=O) groups is 3. The average molecular weight is 420 g/mol. The third kappa shape index (κ3) is 4.45. The molecule has 1 aromatic heterocycles. The number of aromatic nitrogens is 2. The largest absolute Gasteiger partial charge is 0.439 e. The van der Waals surface area contributed by atoms with Crippen molar-refractivity contribution in [1.29, 1.82) is 0 Å². The van der Waals surface area contributed by atoms with E-state index in [1.54, 1.807) is 48.5 Å². The van der Waals surface area contributed by atoms with Gasteiger partial charge in [-0.25, -0.2) is 14.7 Å². The van der Waals surface area contributed by atoms with E-state index in [0.717, 1.165) is 10.5 Å². The number of rotatable bonds is 7. The van der Waals surface area contributed by atoms with Crippen molar-refractivity contribution < 1.29 is 19.1 Å². The molecule has 0 spiro atoms. The summed E-state index contributed by atoms with van der Waals surface area (Å²) in [4.78, 5) is 54.2. The van der Waals surface area contributed by atoms with Crippen molar-refractivity contribution in [2.75, 3.05) is 13.2 Å². The fraction of sp³-hybridized carbons (Fsp3) is 0.227. The standard InChI is InChI=1S/C22H20N4O5/c27-19(10-11-25-14-23-17-9-5-4-8-16(17)21(25)29)24-18(15-6-2-1-3-7-15)12-26-20(28)13-31-22(26)30/h1-9,14,18H,10-13H2,(H,24,27)/t18-/m0/s1. The van der Waals surface area contributed by atoms with Gasteiger partial charge in [0.1, 0.15) is 0 Å². The average Bonchev–Trinajstić information content (AvgIpc) is 3.11. The Morgan fingerprint density at radius 2 is 1.81 bits per heavy atom. The predicted molar refractivity (Wildman–Crippen MR) is 111 cm³/mol. The summed E-state index contributed by atoms with van der Waals surface area (Å²) < 4.78 is 6.14. The SMILES string of the molecule is O=C(CCn1cnc2ccccc2c1=O)N[C@@H](CN1C(=O)COC1=O)c1ccccc1. The minimum absolute atomic E-state index is 0.0294. The first-order valence-electron chi connectivity index (χ1n) is 9.78. The van der Waals surface area contributed by atoms with Gasteiger partial charge in [0.15, 0.2) is 6.61 Å². The Hall–Kier alpha value is -4.01. The quantitative estimate of drug-likeness (QED) is 0.622. The van der Waals surface area contributed by atoms with Crippen molar-refractivity contribution in [3.63, 3.8) is 0 Å². The normalized spacial score (nSPS) is 14.5. The molecule has 0 aliphatic carbocycles. The number of para-hydroxylation sites is 1. The second-order valence-corrected chi connectivity index (χ2v) is 7.10. The molecule has 1 N–H and O–H groups in total. The molecule has 1 atom stereocenters. The van der Waals surface area contributed by atoms with Crippen LogP contribution in [0.2, 0.25) is 0 Å². The Kier molecular flexibility index (Phi) is 5.74. The molecular formula is C22H20N4O5. The number of hydrogen-bond donors (Lipinski definition) is 1. The zero-order valence-corrected chi connectivity index (χ0v) is 16.6. The van der Waals surface area contributed by atoms with Crippen molar-refractivity contribution in [2.45, 2.75) is 19.0 Å². The summed E-state index contributed by atoms with van der Waals surface area (Å²) in [6.45, 7) is -0.189. The van der Waals surface area contributed by atoms with E-state index in [0.29, 0.717) is 10.9 Å². The molecule has 1 aliphatic heterocycles. The number of benzene rings is 2. The fourth-order valence-electron chi connectivity index (χ4n) is 3.41. The van der Waals surface area contributed by atoms with Gasteiger partial charge in [-0.1, -0.05) is 42.5 Å². The molecule has 2 heterocycles. The summed E-state index contributed by atoms with van der Waals surface area (Å²) in [7, 11) is 0. The van der Waals surface area contributed by atoms with E-state index >= 15 is 0 Å². The van der Waals surface area contributed by atoms with Gasteiger partial charge in [0.05, 0.1) is 29.8 Å². The summed E-state index contributed by atoms with van der Waals surface area (Å²) in [6, 6.07) is 15.4. The molecule has 0 radical (unpaired) electrons. The smallest absolute Gasteiger partial charge is 0.417 e. The maximum Gasteiger partial charge on any atom is 0.417 e. The van der Waals surface area contributed by atoms with Gasteiger partial charge < -0.3 is 10.1 Å². The van der Waals surface area contributed by atoms with Gasteiger partial charge in [-0.05, 0) is 17.7 Å². The summed E-state index contributed by atoms with van der Waals surface area (Å²) in [6.07, 6.45) is 0.724. The first-order chi connectivity index (χ1) is 15.0. The number of carbonyl (C=O) groups excluding carboxylic acids is 3. The minimum Gasteiger partial charge on any atom is -0.439 e. The van der Waals surface area contributed by atoms with Crippen molar-refractivity contribution in [3.8, 4) is 0 Å². The Morgan fingerprint density at radius 1 is 1.06 bits per heavy atom. The molecule has 1 saturated heterocycles. The van der Waals surface area contributed by atoms with Crippen LogP contribution in [0.25, 0.3) is 10.9 Å². The van der Waals surface area contributed by atoms with E-state index in [2.05, 4.69) is 10.3 Å². The molecule has 1 fully saturated rings. The second-order valence-electron chi connectivity index (χ2n) is 7.10. The van der Waals surface area contributed by atoms with Crippen LogP contribution in [0.15, 0.2) is 65.7 Å². The van der Waals surface area contributed by atoms with E-state index in [1.165, 1.54) is 10.9 Å². The first-order valence-corrected chi connectivity index (χ1v) is 9.78. The number of aryl methyl sites for hydroxylation is 1. The highest BCUT2D eigenvalue weighted by molar-refractivity contribution is 5.97. The third-order valence-electron chi connectivity index (χ3n) is 5.05. The first kappa shape index (κ1) is 20.3. The zero-order chi connectivity index (χ0) is 21.8. The van der Waals surface area contributed by atoms with Crippen LogP contribution < -0.4 is 10.9 Å². The molecule has 9 heteroatoms. The number of hydrogen-bond acceptors (Lipinski definition) is 6. The summed E-state index contributed by atoms with van der Waals surface area (Å²) >= 11 is 0. The Balaban J connectivity index is 1.46. The number of nitrogens with zero attached hydrogens (tertiary/aromatic N) is 3. The molecule has 158 valence electrons. The second kappa shape index (κ2) is 8.78. The molecule has 31 heavy (non-hydrogen) atoms. The maximum absolute atomic E-state index is 12.6. The lowest BCUT2D eigenvalue weighted by Gasteiger charge is -2.23. The van der Waals surface area contributed by atoms with Crippen LogP contribution in [0.3, 0.4) is 0 Å².